The molecular weight excluding hydrogens is 310 g/mol. The van der Waals surface area contributed by atoms with E-state index >= 15 is 0 Å². The van der Waals surface area contributed by atoms with E-state index in [4.69, 9.17) is 0 Å². The number of hydrogen-bond donors (Lipinski definition) is 1. The van der Waals surface area contributed by atoms with Gasteiger partial charge in [-0.25, -0.2) is 8.78 Å². The van der Waals surface area contributed by atoms with Crippen LogP contribution in [0.15, 0.2) is 15.9 Å². The Balaban J connectivity index is 2.54. The van der Waals surface area contributed by atoms with Crippen molar-refractivity contribution in [3.8, 4) is 0 Å². The average molecular weight is 320 g/mol. The maximum atomic E-state index is 12.6. The van der Waals surface area contributed by atoms with E-state index in [0.717, 1.165) is 9.35 Å². The largest absolute Gasteiger partial charge is 0.319 e. The topological polar surface area (TPSA) is 12.0 Å². The van der Waals surface area contributed by atoms with E-state index in [-0.39, 0.29) is 6.04 Å². The summed E-state index contributed by atoms with van der Waals surface area (Å²) in [7, 11) is 0. The molecule has 0 bridgehead atoms. The van der Waals surface area contributed by atoms with Gasteiger partial charge in [0, 0.05) is 15.4 Å². The molecule has 1 unspecified atom stereocenters. The quantitative estimate of drug-likeness (QED) is 0.807. The van der Waals surface area contributed by atoms with Gasteiger partial charge in [-0.1, -0.05) is 0 Å². The van der Waals surface area contributed by atoms with E-state index in [1.165, 1.54) is 11.3 Å². The SMILES string of the molecule is CC(NCC(F)(F)C(F)F)c1sccc1Br. The highest BCUT2D eigenvalue weighted by atomic mass is 79.9. The van der Waals surface area contributed by atoms with Gasteiger partial charge >= 0.3 is 12.3 Å². The number of thiophene rings is 1. The summed E-state index contributed by atoms with van der Waals surface area (Å²) >= 11 is 4.63. The Labute approximate surface area is 103 Å². The molecule has 0 spiro atoms. The number of rotatable bonds is 5. The van der Waals surface area contributed by atoms with E-state index in [1.54, 1.807) is 18.4 Å². The van der Waals surface area contributed by atoms with Gasteiger partial charge in [-0.2, -0.15) is 8.78 Å². The van der Waals surface area contributed by atoms with Gasteiger partial charge in [0.2, 0.25) is 0 Å². The molecule has 0 fully saturated rings. The third-order valence-electron chi connectivity index (χ3n) is 2.00. The highest BCUT2D eigenvalue weighted by molar-refractivity contribution is 9.10. The normalized spacial score (nSPS) is 14.4. The fourth-order valence-corrected chi connectivity index (χ4v) is 2.82. The number of hydrogen-bond acceptors (Lipinski definition) is 2. The Bertz CT molecular complexity index is 342. The van der Waals surface area contributed by atoms with Crippen LogP contribution in [0.2, 0.25) is 0 Å². The van der Waals surface area contributed by atoms with Crippen LogP contribution < -0.4 is 5.32 Å². The molecular formula is C9H10BrF4NS. The van der Waals surface area contributed by atoms with Gasteiger partial charge in [0.1, 0.15) is 0 Å². The standard InChI is InChI=1S/C9H10BrF4NS/c1-5(7-6(10)2-3-16-7)15-4-9(13,14)8(11)12/h2-3,5,8,15H,4H2,1H3. The summed E-state index contributed by atoms with van der Waals surface area (Å²) in [4.78, 5) is 0.810. The minimum absolute atomic E-state index is 0.390. The molecule has 1 aromatic heterocycles. The first-order chi connectivity index (χ1) is 7.34. The minimum atomic E-state index is -3.99. The summed E-state index contributed by atoms with van der Waals surface area (Å²) in [6.45, 7) is 0.619. The van der Waals surface area contributed by atoms with E-state index in [2.05, 4.69) is 21.2 Å². The van der Waals surface area contributed by atoms with E-state index < -0.39 is 18.9 Å². The van der Waals surface area contributed by atoms with Gasteiger partial charge in [-0.05, 0) is 34.3 Å². The molecule has 0 saturated carbocycles. The maximum absolute atomic E-state index is 12.6. The molecule has 16 heavy (non-hydrogen) atoms. The van der Waals surface area contributed by atoms with Crippen molar-refractivity contribution in [1.82, 2.24) is 5.32 Å². The Morgan fingerprint density at radius 1 is 1.50 bits per heavy atom. The van der Waals surface area contributed by atoms with Crippen molar-refractivity contribution in [3.63, 3.8) is 0 Å². The fraction of sp³-hybridized carbons (Fsp3) is 0.556. The van der Waals surface area contributed by atoms with Gasteiger partial charge in [0.05, 0.1) is 6.54 Å². The summed E-state index contributed by atoms with van der Waals surface area (Å²) in [5.41, 5.74) is 0. The second kappa shape index (κ2) is 5.46. The van der Waals surface area contributed by atoms with Crippen LogP contribution in [0.3, 0.4) is 0 Å². The van der Waals surface area contributed by atoms with Crippen LogP contribution in [0, 0.1) is 0 Å². The highest BCUT2D eigenvalue weighted by Crippen LogP contribution is 2.30. The van der Waals surface area contributed by atoms with E-state index in [0.29, 0.717) is 0 Å². The predicted molar refractivity (Wildman–Crippen MR) is 59.4 cm³/mol. The van der Waals surface area contributed by atoms with Gasteiger partial charge < -0.3 is 5.32 Å². The molecule has 0 radical (unpaired) electrons. The molecule has 1 N–H and O–H groups in total. The minimum Gasteiger partial charge on any atom is -0.304 e. The Morgan fingerprint density at radius 3 is 2.56 bits per heavy atom. The molecule has 1 heterocycles. The lowest BCUT2D eigenvalue weighted by atomic mass is 10.2. The monoisotopic (exact) mass is 319 g/mol. The molecule has 0 saturated heterocycles. The second-order valence-electron chi connectivity index (χ2n) is 3.30. The van der Waals surface area contributed by atoms with Gasteiger partial charge in [-0.3, -0.25) is 0 Å². The van der Waals surface area contributed by atoms with Crippen LogP contribution in [-0.2, 0) is 0 Å². The summed E-state index contributed by atoms with van der Waals surface area (Å²) in [5.74, 6) is -3.99. The number of alkyl halides is 4. The Kier molecular flexibility index (Phi) is 4.75. The summed E-state index contributed by atoms with van der Waals surface area (Å²) < 4.78 is 49.8. The van der Waals surface area contributed by atoms with Crippen LogP contribution >= 0.6 is 27.3 Å². The third kappa shape index (κ3) is 3.43. The lowest BCUT2D eigenvalue weighted by Crippen LogP contribution is -2.39. The average Bonchev–Trinajstić information content (AvgIpc) is 2.61. The molecule has 1 atom stereocenters. The summed E-state index contributed by atoms with van der Waals surface area (Å²) in [6, 6.07) is 1.39. The molecule has 0 aliphatic carbocycles. The van der Waals surface area contributed by atoms with E-state index in [1.807, 2.05) is 0 Å². The Hall–Kier alpha value is -0.140. The number of nitrogens with one attached hydrogen (secondary N) is 1. The maximum Gasteiger partial charge on any atom is 0.319 e. The summed E-state index contributed by atoms with van der Waals surface area (Å²) in [6.07, 6.45) is -3.64. The molecule has 1 nitrogen and oxygen atoms in total. The smallest absolute Gasteiger partial charge is 0.304 e. The van der Waals surface area contributed by atoms with Crippen LogP contribution in [0.5, 0.6) is 0 Å². The van der Waals surface area contributed by atoms with Gasteiger partial charge in [0.25, 0.3) is 0 Å². The lowest BCUT2D eigenvalue weighted by molar-refractivity contribution is -0.126. The zero-order chi connectivity index (χ0) is 12.3. The van der Waals surface area contributed by atoms with Crippen molar-refractivity contribution >= 4 is 27.3 Å². The molecule has 1 rings (SSSR count). The molecule has 0 aliphatic heterocycles. The fourth-order valence-electron chi connectivity index (χ4n) is 1.07. The van der Waals surface area contributed by atoms with E-state index in [9.17, 15) is 17.6 Å². The van der Waals surface area contributed by atoms with Crippen LogP contribution in [-0.4, -0.2) is 18.9 Å². The summed E-state index contributed by atoms with van der Waals surface area (Å²) in [5, 5.41) is 4.19. The van der Waals surface area contributed by atoms with Crippen molar-refractivity contribution in [2.75, 3.05) is 6.54 Å². The van der Waals surface area contributed by atoms with Crippen molar-refractivity contribution in [2.45, 2.75) is 25.3 Å². The molecule has 92 valence electrons. The van der Waals surface area contributed by atoms with Gasteiger partial charge in [0.15, 0.2) is 0 Å². The van der Waals surface area contributed by atoms with Crippen molar-refractivity contribution in [1.29, 1.82) is 0 Å². The predicted octanol–water partition coefficient (Wildman–Crippen LogP) is 4.06. The van der Waals surface area contributed by atoms with Crippen molar-refractivity contribution in [3.05, 3.63) is 20.8 Å². The Morgan fingerprint density at radius 2 is 2.12 bits per heavy atom. The highest BCUT2D eigenvalue weighted by Gasteiger charge is 2.40. The van der Waals surface area contributed by atoms with Crippen LogP contribution in [0.1, 0.15) is 17.8 Å². The first-order valence-corrected chi connectivity index (χ1v) is 6.14. The van der Waals surface area contributed by atoms with Crippen LogP contribution in [0.4, 0.5) is 17.6 Å². The zero-order valence-electron chi connectivity index (χ0n) is 8.31. The van der Waals surface area contributed by atoms with Crippen molar-refractivity contribution in [2.24, 2.45) is 0 Å². The first kappa shape index (κ1) is 13.9. The molecule has 0 aromatic carbocycles. The molecule has 0 amide bonds. The molecule has 1 aromatic rings. The second-order valence-corrected chi connectivity index (χ2v) is 5.10. The zero-order valence-corrected chi connectivity index (χ0v) is 10.7. The first-order valence-electron chi connectivity index (χ1n) is 4.47. The number of halogens is 5. The van der Waals surface area contributed by atoms with Gasteiger partial charge in [-0.15, -0.1) is 11.3 Å². The van der Waals surface area contributed by atoms with Crippen molar-refractivity contribution < 1.29 is 17.6 Å². The third-order valence-corrected chi connectivity index (χ3v) is 4.05. The van der Waals surface area contributed by atoms with Crippen LogP contribution in [0.25, 0.3) is 0 Å². The lowest BCUT2D eigenvalue weighted by Gasteiger charge is -2.19. The molecule has 0 aliphatic rings. The molecule has 7 heteroatoms.